The Balaban J connectivity index is 2.85. The van der Waals surface area contributed by atoms with Crippen molar-refractivity contribution in [2.75, 3.05) is 40.5 Å². The highest BCUT2D eigenvalue weighted by molar-refractivity contribution is 4.48. The first-order valence-corrected chi connectivity index (χ1v) is 7.13. The normalized spacial score (nSPS) is 10.9. The highest BCUT2D eigenvalue weighted by Gasteiger charge is 1.93. The molecule has 0 saturated heterocycles. The van der Waals surface area contributed by atoms with Gasteiger partial charge in [0, 0.05) is 13.7 Å². The SMILES string of the molecule is CNCCCCCCCCCCOCCOC. The molecule has 0 fully saturated rings. The summed E-state index contributed by atoms with van der Waals surface area (Å²) in [6.45, 7) is 3.51. The fourth-order valence-electron chi connectivity index (χ4n) is 1.81. The number of hydrogen-bond acceptors (Lipinski definition) is 3. The minimum Gasteiger partial charge on any atom is -0.382 e. The molecule has 0 aliphatic heterocycles. The summed E-state index contributed by atoms with van der Waals surface area (Å²) in [6, 6.07) is 0. The van der Waals surface area contributed by atoms with Gasteiger partial charge in [-0.3, -0.25) is 0 Å². The van der Waals surface area contributed by atoms with Gasteiger partial charge in [-0.1, -0.05) is 38.5 Å². The third-order valence-electron chi connectivity index (χ3n) is 2.90. The van der Waals surface area contributed by atoms with Crippen molar-refractivity contribution in [2.24, 2.45) is 0 Å². The van der Waals surface area contributed by atoms with Gasteiger partial charge in [-0.15, -0.1) is 0 Å². The van der Waals surface area contributed by atoms with Crippen molar-refractivity contribution in [3.63, 3.8) is 0 Å². The molecule has 3 heteroatoms. The molecule has 0 rings (SSSR count). The van der Waals surface area contributed by atoms with Crippen molar-refractivity contribution in [1.29, 1.82) is 0 Å². The third kappa shape index (κ3) is 15.9. The van der Waals surface area contributed by atoms with Crippen molar-refractivity contribution >= 4 is 0 Å². The molecular formula is C14H31NO2. The average molecular weight is 245 g/mol. The van der Waals surface area contributed by atoms with Gasteiger partial charge in [0.15, 0.2) is 0 Å². The smallest absolute Gasteiger partial charge is 0.0700 e. The van der Waals surface area contributed by atoms with Crippen LogP contribution in [0.15, 0.2) is 0 Å². The summed E-state index contributed by atoms with van der Waals surface area (Å²) in [6.07, 6.45) is 10.7. The molecule has 0 spiro atoms. The highest BCUT2D eigenvalue weighted by Crippen LogP contribution is 2.08. The second kappa shape index (κ2) is 15.9. The molecule has 0 amide bonds. The Morgan fingerprint density at radius 1 is 0.706 bits per heavy atom. The topological polar surface area (TPSA) is 30.5 Å². The van der Waals surface area contributed by atoms with E-state index in [1.807, 2.05) is 7.05 Å². The van der Waals surface area contributed by atoms with Crippen LogP contribution in [0, 0.1) is 0 Å². The molecule has 104 valence electrons. The second-order valence-electron chi connectivity index (χ2n) is 4.54. The Hall–Kier alpha value is -0.120. The molecule has 0 saturated carbocycles. The van der Waals surface area contributed by atoms with E-state index in [9.17, 15) is 0 Å². The maximum Gasteiger partial charge on any atom is 0.0700 e. The van der Waals surface area contributed by atoms with Crippen LogP contribution in [0.2, 0.25) is 0 Å². The van der Waals surface area contributed by atoms with Crippen molar-refractivity contribution in [2.45, 2.75) is 51.4 Å². The van der Waals surface area contributed by atoms with E-state index in [4.69, 9.17) is 9.47 Å². The molecule has 0 aromatic rings. The van der Waals surface area contributed by atoms with Crippen LogP contribution in [0.1, 0.15) is 51.4 Å². The van der Waals surface area contributed by atoms with Gasteiger partial charge >= 0.3 is 0 Å². The molecule has 1 N–H and O–H groups in total. The predicted molar refractivity (Wildman–Crippen MR) is 73.6 cm³/mol. The first-order valence-electron chi connectivity index (χ1n) is 7.13. The van der Waals surface area contributed by atoms with Crippen LogP contribution < -0.4 is 5.32 Å². The van der Waals surface area contributed by atoms with Crippen LogP contribution in [0.4, 0.5) is 0 Å². The van der Waals surface area contributed by atoms with Gasteiger partial charge in [0.05, 0.1) is 13.2 Å². The number of ether oxygens (including phenoxy) is 2. The zero-order chi connectivity index (χ0) is 12.6. The van der Waals surface area contributed by atoms with Crippen molar-refractivity contribution in [1.82, 2.24) is 5.32 Å². The summed E-state index contributed by atoms with van der Waals surface area (Å²) >= 11 is 0. The largest absolute Gasteiger partial charge is 0.382 e. The molecule has 0 atom stereocenters. The molecule has 0 bridgehead atoms. The predicted octanol–water partition coefficient (Wildman–Crippen LogP) is 2.99. The fourth-order valence-corrected chi connectivity index (χ4v) is 1.81. The van der Waals surface area contributed by atoms with E-state index < -0.39 is 0 Å². The number of unbranched alkanes of at least 4 members (excludes halogenated alkanes) is 7. The van der Waals surface area contributed by atoms with Crippen LogP contribution in [0.25, 0.3) is 0 Å². The molecule has 0 radical (unpaired) electrons. The molecule has 0 aliphatic carbocycles. The van der Waals surface area contributed by atoms with Crippen LogP contribution in [-0.2, 0) is 9.47 Å². The number of hydrogen-bond donors (Lipinski definition) is 1. The Kier molecular flexibility index (Phi) is 15.8. The quantitative estimate of drug-likeness (QED) is 0.477. The molecular weight excluding hydrogens is 214 g/mol. The molecule has 0 heterocycles. The highest BCUT2D eigenvalue weighted by atomic mass is 16.5. The van der Waals surface area contributed by atoms with Crippen molar-refractivity contribution in [3.8, 4) is 0 Å². The van der Waals surface area contributed by atoms with Crippen molar-refractivity contribution in [3.05, 3.63) is 0 Å². The Bertz CT molecular complexity index is 117. The van der Waals surface area contributed by atoms with E-state index in [1.165, 1.54) is 57.9 Å². The molecule has 0 aliphatic rings. The molecule has 3 nitrogen and oxygen atoms in total. The molecule has 17 heavy (non-hydrogen) atoms. The third-order valence-corrected chi connectivity index (χ3v) is 2.90. The van der Waals surface area contributed by atoms with E-state index in [0.717, 1.165) is 13.2 Å². The van der Waals surface area contributed by atoms with Crippen LogP contribution in [0.5, 0.6) is 0 Å². The average Bonchev–Trinajstić information content (AvgIpc) is 2.35. The molecule has 0 aromatic carbocycles. The number of methoxy groups -OCH3 is 1. The van der Waals surface area contributed by atoms with Crippen LogP contribution in [-0.4, -0.2) is 40.5 Å². The van der Waals surface area contributed by atoms with Crippen molar-refractivity contribution < 1.29 is 9.47 Å². The zero-order valence-corrected chi connectivity index (χ0v) is 11.8. The van der Waals surface area contributed by atoms with E-state index >= 15 is 0 Å². The number of rotatable bonds is 14. The monoisotopic (exact) mass is 245 g/mol. The van der Waals surface area contributed by atoms with Crippen LogP contribution in [0.3, 0.4) is 0 Å². The fraction of sp³-hybridized carbons (Fsp3) is 1.00. The lowest BCUT2D eigenvalue weighted by Gasteiger charge is -2.04. The lowest BCUT2D eigenvalue weighted by molar-refractivity contribution is 0.0685. The Morgan fingerprint density at radius 3 is 1.88 bits per heavy atom. The lowest BCUT2D eigenvalue weighted by atomic mass is 10.1. The van der Waals surface area contributed by atoms with Gasteiger partial charge in [-0.25, -0.2) is 0 Å². The second-order valence-corrected chi connectivity index (χ2v) is 4.54. The van der Waals surface area contributed by atoms with Gasteiger partial charge in [0.2, 0.25) is 0 Å². The first kappa shape index (κ1) is 16.9. The summed E-state index contributed by atoms with van der Waals surface area (Å²) in [5, 5.41) is 3.18. The summed E-state index contributed by atoms with van der Waals surface area (Å²) < 4.78 is 10.3. The minimum atomic E-state index is 0.715. The molecule has 0 aromatic heterocycles. The summed E-state index contributed by atoms with van der Waals surface area (Å²) in [7, 11) is 3.73. The van der Waals surface area contributed by atoms with E-state index in [0.29, 0.717) is 6.61 Å². The van der Waals surface area contributed by atoms with Gasteiger partial charge in [0.1, 0.15) is 0 Å². The standard InChI is InChI=1S/C14H31NO2/c1-15-11-9-7-5-3-4-6-8-10-12-17-14-13-16-2/h15H,3-14H2,1-2H3. The minimum absolute atomic E-state index is 0.715. The van der Waals surface area contributed by atoms with Crippen LogP contribution >= 0.6 is 0 Å². The van der Waals surface area contributed by atoms with E-state index in [2.05, 4.69) is 5.32 Å². The molecule has 0 unspecified atom stereocenters. The van der Waals surface area contributed by atoms with Gasteiger partial charge in [-0.2, -0.15) is 0 Å². The maximum atomic E-state index is 5.41. The summed E-state index contributed by atoms with van der Waals surface area (Å²) in [5.74, 6) is 0. The van der Waals surface area contributed by atoms with E-state index in [-0.39, 0.29) is 0 Å². The summed E-state index contributed by atoms with van der Waals surface area (Å²) in [5.41, 5.74) is 0. The number of nitrogens with one attached hydrogen (secondary N) is 1. The lowest BCUT2D eigenvalue weighted by Crippen LogP contribution is -2.06. The van der Waals surface area contributed by atoms with E-state index in [1.54, 1.807) is 7.11 Å². The Morgan fingerprint density at radius 2 is 1.29 bits per heavy atom. The maximum absolute atomic E-state index is 5.41. The van der Waals surface area contributed by atoms with Gasteiger partial charge in [0.25, 0.3) is 0 Å². The zero-order valence-electron chi connectivity index (χ0n) is 11.8. The Labute approximate surface area is 107 Å². The first-order chi connectivity index (χ1) is 8.41. The summed E-state index contributed by atoms with van der Waals surface area (Å²) in [4.78, 5) is 0. The van der Waals surface area contributed by atoms with Gasteiger partial charge < -0.3 is 14.8 Å². The van der Waals surface area contributed by atoms with Gasteiger partial charge in [-0.05, 0) is 26.4 Å².